The molecule has 1 unspecified atom stereocenters. The molecule has 1 aromatic rings. The van der Waals surface area contributed by atoms with Crippen molar-refractivity contribution in [3.63, 3.8) is 0 Å². The summed E-state index contributed by atoms with van der Waals surface area (Å²) in [5, 5.41) is 3.05. The second-order valence-electron chi connectivity index (χ2n) is 5.23. The third-order valence-electron chi connectivity index (χ3n) is 3.83. The average molecular weight is 233 g/mol. The van der Waals surface area contributed by atoms with Crippen molar-refractivity contribution in [3.05, 3.63) is 35.9 Å². The van der Waals surface area contributed by atoms with Gasteiger partial charge in [-0.05, 0) is 19.4 Å². The molecule has 92 valence electrons. The van der Waals surface area contributed by atoms with Crippen LogP contribution in [0.25, 0.3) is 0 Å². The molecule has 0 radical (unpaired) electrons. The van der Waals surface area contributed by atoms with Crippen LogP contribution in [0.4, 0.5) is 0 Å². The van der Waals surface area contributed by atoms with E-state index in [4.69, 9.17) is 4.74 Å². The molecule has 1 heterocycles. The molecule has 1 N–H and O–H groups in total. The quantitative estimate of drug-likeness (QED) is 0.865. The molecule has 1 atom stereocenters. The largest absolute Gasteiger partial charge is 0.384 e. The van der Waals surface area contributed by atoms with Crippen LogP contribution in [0.5, 0.6) is 0 Å². The molecule has 2 rings (SSSR count). The summed E-state index contributed by atoms with van der Waals surface area (Å²) in [7, 11) is 1.68. The average Bonchev–Trinajstić information content (AvgIpc) is 2.51. The summed E-state index contributed by atoms with van der Waals surface area (Å²) in [4.78, 5) is 11.8. The molecule has 3 nitrogen and oxygen atoms in total. The van der Waals surface area contributed by atoms with Crippen molar-refractivity contribution < 1.29 is 9.53 Å². The second-order valence-corrected chi connectivity index (χ2v) is 5.23. The number of rotatable bonds is 3. The van der Waals surface area contributed by atoms with E-state index in [1.807, 2.05) is 18.2 Å². The van der Waals surface area contributed by atoms with Crippen LogP contribution in [0.3, 0.4) is 0 Å². The highest BCUT2D eigenvalue weighted by molar-refractivity contribution is 5.82. The van der Waals surface area contributed by atoms with Gasteiger partial charge in [0.2, 0.25) is 5.91 Å². The number of nitrogens with one attached hydrogen (secondary N) is 1. The Hall–Kier alpha value is -1.35. The first-order valence-corrected chi connectivity index (χ1v) is 5.87. The van der Waals surface area contributed by atoms with Crippen LogP contribution in [0, 0.1) is 0 Å². The van der Waals surface area contributed by atoms with Crippen molar-refractivity contribution in [2.75, 3.05) is 13.7 Å². The maximum Gasteiger partial charge on any atom is 0.221 e. The minimum Gasteiger partial charge on any atom is -0.384 e. The summed E-state index contributed by atoms with van der Waals surface area (Å²) in [6, 6.07) is 10.1. The van der Waals surface area contributed by atoms with Gasteiger partial charge in [0, 0.05) is 24.5 Å². The van der Waals surface area contributed by atoms with E-state index in [0.29, 0.717) is 13.0 Å². The maximum atomic E-state index is 11.8. The molecule has 1 amide bonds. The van der Waals surface area contributed by atoms with E-state index in [1.165, 1.54) is 0 Å². The molecule has 1 aromatic carbocycles. The molecule has 3 heteroatoms. The van der Waals surface area contributed by atoms with E-state index in [-0.39, 0.29) is 16.9 Å². The van der Waals surface area contributed by atoms with E-state index in [0.717, 1.165) is 5.56 Å². The van der Waals surface area contributed by atoms with E-state index >= 15 is 0 Å². The van der Waals surface area contributed by atoms with Crippen LogP contribution in [-0.2, 0) is 14.9 Å². The third kappa shape index (κ3) is 1.84. The predicted molar refractivity (Wildman–Crippen MR) is 66.8 cm³/mol. The van der Waals surface area contributed by atoms with Crippen molar-refractivity contribution >= 4 is 5.91 Å². The van der Waals surface area contributed by atoms with Crippen molar-refractivity contribution in [2.45, 2.75) is 31.2 Å². The highest BCUT2D eigenvalue weighted by Gasteiger charge is 2.53. The molecule has 1 aliphatic rings. The monoisotopic (exact) mass is 233 g/mol. The van der Waals surface area contributed by atoms with Gasteiger partial charge in [-0.15, -0.1) is 0 Å². The Balaban J connectivity index is 2.50. The maximum absolute atomic E-state index is 11.8. The summed E-state index contributed by atoms with van der Waals surface area (Å²) < 4.78 is 5.38. The van der Waals surface area contributed by atoms with Gasteiger partial charge < -0.3 is 10.1 Å². The lowest BCUT2D eigenvalue weighted by atomic mass is 9.68. The molecular weight excluding hydrogens is 214 g/mol. The molecule has 1 saturated heterocycles. The number of hydrogen-bond acceptors (Lipinski definition) is 2. The normalized spacial score (nSPS) is 26.9. The van der Waals surface area contributed by atoms with E-state index < -0.39 is 0 Å². The molecule has 0 aromatic heterocycles. The number of carbonyl (C=O) groups is 1. The fraction of sp³-hybridized carbons (Fsp3) is 0.500. The zero-order valence-corrected chi connectivity index (χ0v) is 10.6. The molecular formula is C14H19NO2. The Labute approximate surface area is 102 Å². The highest BCUT2D eigenvalue weighted by Crippen LogP contribution is 2.43. The number of methoxy groups -OCH3 is 1. The SMILES string of the molecule is COCC1(c2ccccc2)CC(=O)NC1(C)C. The Bertz CT molecular complexity index is 413. The fourth-order valence-electron chi connectivity index (χ4n) is 2.79. The topological polar surface area (TPSA) is 38.3 Å². The van der Waals surface area contributed by atoms with Gasteiger partial charge in [-0.1, -0.05) is 30.3 Å². The number of ether oxygens (including phenoxy) is 1. The first-order valence-electron chi connectivity index (χ1n) is 5.87. The minimum atomic E-state index is -0.290. The lowest BCUT2D eigenvalue weighted by Crippen LogP contribution is -2.52. The number of amides is 1. The van der Waals surface area contributed by atoms with Crippen molar-refractivity contribution in [1.29, 1.82) is 0 Å². The van der Waals surface area contributed by atoms with E-state index in [1.54, 1.807) is 7.11 Å². The Kier molecular flexibility index (Phi) is 2.96. The van der Waals surface area contributed by atoms with Crippen molar-refractivity contribution in [2.24, 2.45) is 0 Å². The van der Waals surface area contributed by atoms with Crippen LogP contribution in [0.15, 0.2) is 30.3 Å². The van der Waals surface area contributed by atoms with Crippen LogP contribution in [-0.4, -0.2) is 25.2 Å². The summed E-state index contributed by atoms with van der Waals surface area (Å²) >= 11 is 0. The van der Waals surface area contributed by atoms with Crippen LogP contribution in [0.2, 0.25) is 0 Å². The standard InChI is InChI=1S/C14H19NO2/c1-13(2)14(10-17-3,9-12(16)15-13)11-7-5-4-6-8-11/h4-8H,9-10H2,1-3H3,(H,15,16). The van der Waals surface area contributed by atoms with Crippen LogP contribution < -0.4 is 5.32 Å². The Morgan fingerprint density at radius 3 is 2.41 bits per heavy atom. The highest BCUT2D eigenvalue weighted by atomic mass is 16.5. The lowest BCUT2D eigenvalue weighted by Gasteiger charge is -2.40. The van der Waals surface area contributed by atoms with Crippen LogP contribution >= 0.6 is 0 Å². The van der Waals surface area contributed by atoms with E-state index in [2.05, 4.69) is 31.3 Å². The molecule has 0 saturated carbocycles. The molecule has 17 heavy (non-hydrogen) atoms. The Morgan fingerprint density at radius 1 is 1.29 bits per heavy atom. The molecule has 0 spiro atoms. The zero-order valence-electron chi connectivity index (χ0n) is 10.6. The third-order valence-corrected chi connectivity index (χ3v) is 3.83. The van der Waals surface area contributed by atoms with Crippen molar-refractivity contribution in [1.82, 2.24) is 5.32 Å². The second kappa shape index (κ2) is 4.15. The van der Waals surface area contributed by atoms with Gasteiger partial charge in [0.15, 0.2) is 0 Å². The summed E-state index contributed by atoms with van der Waals surface area (Å²) in [5.41, 5.74) is 0.590. The fourth-order valence-corrected chi connectivity index (χ4v) is 2.79. The number of hydrogen-bond donors (Lipinski definition) is 1. The summed E-state index contributed by atoms with van der Waals surface area (Å²) in [6.45, 7) is 4.66. The van der Waals surface area contributed by atoms with Gasteiger partial charge >= 0.3 is 0 Å². The predicted octanol–water partition coefficient (Wildman–Crippen LogP) is 1.87. The molecule has 1 aliphatic heterocycles. The molecule has 0 aliphatic carbocycles. The first-order chi connectivity index (χ1) is 8.02. The summed E-state index contributed by atoms with van der Waals surface area (Å²) in [5.74, 6) is 0.0934. The first kappa shape index (κ1) is 12.1. The Morgan fingerprint density at radius 2 is 1.94 bits per heavy atom. The smallest absolute Gasteiger partial charge is 0.221 e. The molecule has 0 bridgehead atoms. The van der Waals surface area contributed by atoms with Gasteiger partial charge in [-0.25, -0.2) is 0 Å². The van der Waals surface area contributed by atoms with Gasteiger partial charge in [-0.3, -0.25) is 4.79 Å². The zero-order chi connectivity index (χ0) is 12.5. The summed E-state index contributed by atoms with van der Waals surface area (Å²) in [6.07, 6.45) is 0.484. The molecule has 1 fully saturated rings. The van der Waals surface area contributed by atoms with Gasteiger partial charge in [0.05, 0.1) is 6.61 Å². The number of carbonyl (C=O) groups excluding carboxylic acids is 1. The van der Waals surface area contributed by atoms with Gasteiger partial charge in [0.1, 0.15) is 0 Å². The van der Waals surface area contributed by atoms with Gasteiger partial charge in [0.25, 0.3) is 0 Å². The minimum absolute atomic E-state index is 0.0934. The van der Waals surface area contributed by atoms with Crippen molar-refractivity contribution in [3.8, 4) is 0 Å². The van der Waals surface area contributed by atoms with Crippen LogP contribution in [0.1, 0.15) is 25.8 Å². The number of benzene rings is 1. The lowest BCUT2D eigenvalue weighted by molar-refractivity contribution is -0.119. The van der Waals surface area contributed by atoms with E-state index in [9.17, 15) is 4.79 Å². The van der Waals surface area contributed by atoms with Gasteiger partial charge in [-0.2, -0.15) is 0 Å².